The van der Waals surface area contributed by atoms with Gasteiger partial charge in [0.25, 0.3) is 0 Å². The van der Waals surface area contributed by atoms with Gasteiger partial charge in [-0.25, -0.2) is 4.79 Å². The van der Waals surface area contributed by atoms with E-state index in [9.17, 15) is 27.6 Å². The van der Waals surface area contributed by atoms with Crippen molar-refractivity contribution in [1.29, 1.82) is 0 Å². The Kier molecular flexibility index (Phi) is 3.89. The zero-order valence-electron chi connectivity index (χ0n) is 6.05. The van der Waals surface area contributed by atoms with E-state index in [1.807, 2.05) is 0 Å². The van der Waals surface area contributed by atoms with Gasteiger partial charge in [0, 0.05) is 0 Å². The van der Waals surface area contributed by atoms with Crippen molar-refractivity contribution in [3.8, 4) is 0 Å². The Labute approximate surface area is 69.8 Å². The van der Waals surface area contributed by atoms with Crippen LogP contribution in [-0.4, -0.2) is 31.1 Å². The van der Waals surface area contributed by atoms with Crippen molar-refractivity contribution >= 4 is 18.3 Å². The first-order chi connectivity index (χ1) is 5.88. The fourth-order valence-corrected chi connectivity index (χ4v) is 0.348. The number of hydrogen-bond acceptors (Lipinski definition) is 4. The van der Waals surface area contributed by atoms with Crippen LogP contribution in [0.2, 0.25) is 0 Å². The van der Waals surface area contributed by atoms with E-state index in [0.29, 0.717) is 0 Å². The van der Waals surface area contributed by atoms with Crippen LogP contribution in [0.25, 0.3) is 0 Å². The van der Waals surface area contributed by atoms with E-state index in [1.54, 1.807) is 0 Å². The average Bonchev–Trinajstić information content (AvgIpc) is 1.99. The summed E-state index contributed by atoms with van der Waals surface area (Å²) < 4.78 is 38.0. The standard InChI is InChI=1S/C5H4F3NO4/c6-5(7,8)4(12)9-1-3(11)13-2-10/h2H,1H2,(H,9,12). The van der Waals surface area contributed by atoms with Crippen molar-refractivity contribution in [2.24, 2.45) is 0 Å². The third-order valence-corrected chi connectivity index (χ3v) is 0.830. The zero-order chi connectivity index (χ0) is 10.5. The second-order valence-electron chi connectivity index (χ2n) is 1.77. The number of halogens is 3. The number of carbonyl (C=O) groups excluding carboxylic acids is 3. The number of ether oxygens (including phenoxy) is 1. The number of esters is 1. The van der Waals surface area contributed by atoms with E-state index in [-0.39, 0.29) is 6.47 Å². The Morgan fingerprint density at radius 1 is 1.38 bits per heavy atom. The molecule has 8 heteroatoms. The van der Waals surface area contributed by atoms with E-state index < -0.39 is 24.6 Å². The Bertz CT molecular complexity index is 224. The Morgan fingerprint density at radius 2 is 1.92 bits per heavy atom. The van der Waals surface area contributed by atoms with Crippen LogP contribution in [-0.2, 0) is 19.1 Å². The molecule has 13 heavy (non-hydrogen) atoms. The van der Waals surface area contributed by atoms with Gasteiger partial charge in [-0.1, -0.05) is 0 Å². The van der Waals surface area contributed by atoms with Crippen molar-refractivity contribution in [3.63, 3.8) is 0 Å². The lowest BCUT2D eigenvalue weighted by Gasteiger charge is -2.05. The third kappa shape index (κ3) is 4.77. The quantitative estimate of drug-likeness (QED) is 0.373. The average molecular weight is 199 g/mol. The molecule has 0 aromatic carbocycles. The van der Waals surface area contributed by atoms with Crippen molar-refractivity contribution in [2.75, 3.05) is 6.54 Å². The maximum atomic E-state index is 11.5. The van der Waals surface area contributed by atoms with Crippen molar-refractivity contribution in [3.05, 3.63) is 0 Å². The molecule has 0 saturated heterocycles. The zero-order valence-corrected chi connectivity index (χ0v) is 6.05. The molecule has 0 heterocycles. The van der Waals surface area contributed by atoms with Crippen LogP contribution in [0.1, 0.15) is 0 Å². The largest absolute Gasteiger partial charge is 0.471 e. The normalized spacial score (nSPS) is 10.4. The van der Waals surface area contributed by atoms with E-state index in [4.69, 9.17) is 0 Å². The topological polar surface area (TPSA) is 72.5 Å². The summed E-state index contributed by atoms with van der Waals surface area (Å²) in [6.45, 7) is -1.25. The molecular weight excluding hydrogens is 195 g/mol. The molecule has 0 rings (SSSR count). The molecule has 1 amide bonds. The first-order valence-electron chi connectivity index (χ1n) is 2.86. The van der Waals surface area contributed by atoms with Crippen molar-refractivity contribution < 1.29 is 32.3 Å². The molecule has 0 unspecified atom stereocenters. The minimum Gasteiger partial charge on any atom is -0.394 e. The molecule has 0 saturated carbocycles. The van der Waals surface area contributed by atoms with Gasteiger partial charge in [-0.3, -0.25) is 9.59 Å². The van der Waals surface area contributed by atoms with Gasteiger partial charge in [-0.15, -0.1) is 0 Å². The molecule has 1 N–H and O–H groups in total. The van der Waals surface area contributed by atoms with Crippen molar-refractivity contribution in [2.45, 2.75) is 6.18 Å². The number of hydrogen-bond donors (Lipinski definition) is 1. The van der Waals surface area contributed by atoms with Crippen LogP contribution in [0.3, 0.4) is 0 Å². The number of nitrogens with one attached hydrogen (secondary N) is 1. The molecule has 0 aliphatic rings. The van der Waals surface area contributed by atoms with Crippen LogP contribution >= 0.6 is 0 Å². The SMILES string of the molecule is O=COC(=O)CNC(=O)C(F)(F)F. The summed E-state index contributed by atoms with van der Waals surface area (Å²) >= 11 is 0. The second kappa shape index (κ2) is 4.43. The molecule has 0 aliphatic heterocycles. The molecular formula is C5H4F3NO4. The van der Waals surface area contributed by atoms with Gasteiger partial charge >= 0.3 is 24.5 Å². The number of carbonyl (C=O) groups is 3. The van der Waals surface area contributed by atoms with Gasteiger partial charge in [0.05, 0.1) is 0 Å². The van der Waals surface area contributed by atoms with Gasteiger partial charge < -0.3 is 10.1 Å². The summed E-state index contributed by atoms with van der Waals surface area (Å²) in [6, 6.07) is 0. The van der Waals surface area contributed by atoms with Crippen LogP contribution in [0.5, 0.6) is 0 Å². The third-order valence-electron chi connectivity index (χ3n) is 0.830. The van der Waals surface area contributed by atoms with E-state index in [1.165, 1.54) is 5.32 Å². The van der Waals surface area contributed by atoms with E-state index >= 15 is 0 Å². The minimum atomic E-state index is -5.05. The molecule has 0 spiro atoms. The number of amides is 1. The maximum absolute atomic E-state index is 11.5. The van der Waals surface area contributed by atoms with Crippen LogP contribution < -0.4 is 5.32 Å². The second-order valence-corrected chi connectivity index (χ2v) is 1.77. The van der Waals surface area contributed by atoms with Gasteiger partial charge in [-0.2, -0.15) is 13.2 Å². The molecule has 0 atom stereocenters. The molecule has 5 nitrogen and oxygen atoms in total. The lowest BCUT2D eigenvalue weighted by molar-refractivity contribution is -0.174. The van der Waals surface area contributed by atoms with E-state index in [2.05, 4.69) is 4.74 Å². The van der Waals surface area contributed by atoms with Crippen LogP contribution in [0, 0.1) is 0 Å². The van der Waals surface area contributed by atoms with Gasteiger partial charge in [0.15, 0.2) is 0 Å². The van der Waals surface area contributed by atoms with Crippen LogP contribution in [0.15, 0.2) is 0 Å². The van der Waals surface area contributed by atoms with Gasteiger partial charge in [-0.05, 0) is 0 Å². The maximum Gasteiger partial charge on any atom is 0.471 e. The lowest BCUT2D eigenvalue weighted by Crippen LogP contribution is -2.39. The fraction of sp³-hybridized carbons (Fsp3) is 0.400. The highest BCUT2D eigenvalue weighted by atomic mass is 19.4. The first kappa shape index (κ1) is 11.4. The summed E-state index contributed by atoms with van der Waals surface area (Å²) in [4.78, 5) is 29.8. The lowest BCUT2D eigenvalue weighted by atomic mass is 10.5. The molecule has 0 fully saturated rings. The predicted molar refractivity (Wildman–Crippen MR) is 31.2 cm³/mol. The molecule has 0 aromatic heterocycles. The summed E-state index contributed by atoms with van der Waals surface area (Å²) in [5.41, 5.74) is 0. The highest BCUT2D eigenvalue weighted by Crippen LogP contribution is 2.13. The molecule has 0 radical (unpaired) electrons. The summed E-state index contributed by atoms with van der Waals surface area (Å²) in [5, 5.41) is 1.21. The Morgan fingerprint density at radius 3 is 2.31 bits per heavy atom. The smallest absolute Gasteiger partial charge is 0.394 e. The molecule has 74 valence electrons. The van der Waals surface area contributed by atoms with Gasteiger partial charge in [0.1, 0.15) is 6.54 Å². The summed E-state index contributed by atoms with van der Waals surface area (Å²) in [7, 11) is 0. The van der Waals surface area contributed by atoms with Gasteiger partial charge in [0.2, 0.25) is 0 Å². The van der Waals surface area contributed by atoms with Crippen molar-refractivity contribution in [1.82, 2.24) is 5.32 Å². The number of rotatable bonds is 3. The fourth-order valence-electron chi connectivity index (χ4n) is 0.348. The monoisotopic (exact) mass is 199 g/mol. The predicted octanol–water partition coefficient (Wildman–Crippen LogP) is -0.636. The first-order valence-corrected chi connectivity index (χ1v) is 2.86. The van der Waals surface area contributed by atoms with E-state index in [0.717, 1.165) is 0 Å². The van der Waals surface area contributed by atoms with Crippen LogP contribution in [0.4, 0.5) is 13.2 Å². The highest BCUT2D eigenvalue weighted by molar-refractivity contribution is 5.87. The minimum absolute atomic E-state index is 0.248. The summed E-state index contributed by atoms with van der Waals surface area (Å²) in [6.07, 6.45) is -5.05. The molecule has 0 bridgehead atoms. The Hall–Kier alpha value is -1.60. The molecule has 0 aliphatic carbocycles. The number of alkyl halides is 3. The molecule has 0 aromatic rings. The highest BCUT2D eigenvalue weighted by Gasteiger charge is 2.38. The summed E-state index contributed by atoms with van der Waals surface area (Å²) in [5.74, 6) is -3.54. The Balaban J connectivity index is 3.84.